The molecule has 39 heavy (non-hydrogen) atoms. The number of hydrogen-bond donors (Lipinski definition) is 1. The summed E-state index contributed by atoms with van der Waals surface area (Å²) in [6, 6.07) is 18.8. The van der Waals surface area contributed by atoms with E-state index in [4.69, 9.17) is 4.74 Å². The van der Waals surface area contributed by atoms with Crippen LogP contribution >= 0.6 is 0 Å². The molecular formula is C29H34FN3O5S. The van der Waals surface area contributed by atoms with E-state index in [9.17, 15) is 22.4 Å². The number of halogens is 1. The van der Waals surface area contributed by atoms with Crippen molar-refractivity contribution in [1.82, 2.24) is 10.2 Å². The van der Waals surface area contributed by atoms with Crippen molar-refractivity contribution in [2.24, 2.45) is 0 Å². The molecule has 2 amide bonds. The number of ether oxygens (including phenoxy) is 1. The zero-order chi connectivity index (χ0) is 28.4. The van der Waals surface area contributed by atoms with Gasteiger partial charge in [-0.05, 0) is 67.4 Å². The Labute approximate surface area is 229 Å². The van der Waals surface area contributed by atoms with Gasteiger partial charge in [0.25, 0.3) is 10.0 Å². The van der Waals surface area contributed by atoms with E-state index in [1.165, 1.54) is 48.4 Å². The molecule has 0 unspecified atom stereocenters. The minimum absolute atomic E-state index is 0.0106. The van der Waals surface area contributed by atoms with Crippen molar-refractivity contribution in [3.8, 4) is 5.75 Å². The molecule has 10 heteroatoms. The standard InChI is InChI=1S/C29H34FN3O5S/c1-4-5-19-31-29(35)22(2)32(20-23-11-13-24(30)14-12-23)28(34)21-33(25-15-17-26(38-3)18-16-25)39(36,37)27-9-7-6-8-10-27/h6-18,22H,4-5,19-21H2,1-3H3,(H,31,35)/t22-/m0/s1. The molecule has 0 aliphatic rings. The van der Waals surface area contributed by atoms with Gasteiger partial charge in [-0.2, -0.15) is 0 Å². The number of sulfonamides is 1. The second-order valence-electron chi connectivity index (χ2n) is 8.99. The summed E-state index contributed by atoms with van der Waals surface area (Å²) in [5, 5.41) is 2.83. The number of methoxy groups -OCH3 is 1. The number of rotatable bonds is 13. The summed E-state index contributed by atoms with van der Waals surface area (Å²) in [5.41, 5.74) is 0.856. The van der Waals surface area contributed by atoms with E-state index >= 15 is 0 Å². The first-order valence-electron chi connectivity index (χ1n) is 12.7. The Balaban J connectivity index is 1.98. The van der Waals surface area contributed by atoms with Crippen LogP contribution in [0.2, 0.25) is 0 Å². The highest BCUT2D eigenvalue weighted by Crippen LogP contribution is 2.26. The monoisotopic (exact) mass is 555 g/mol. The molecule has 0 saturated heterocycles. The van der Waals surface area contributed by atoms with E-state index in [2.05, 4.69) is 5.32 Å². The summed E-state index contributed by atoms with van der Waals surface area (Å²) in [6.45, 7) is 3.48. The van der Waals surface area contributed by atoms with Gasteiger partial charge < -0.3 is 15.0 Å². The Morgan fingerprint density at radius 1 is 0.974 bits per heavy atom. The molecule has 1 N–H and O–H groups in total. The van der Waals surface area contributed by atoms with Gasteiger partial charge in [0, 0.05) is 13.1 Å². The Morgan fingerprint density at radius 2 is 1.62 bits per heavy atom. The van der Waals surface area contributed by atoms with Crippen molar-refractivity contribution in [2.45, 2.75) is 44.2 Å². The minimum atomic E-state index is -4.15. The van der Waals surface area contributed by atoms with Crippen molar-refractivity contribution in [2.75, 3.05) is 24.5 Å². The number of amides is 2. The summed E-state index contributed by atoms with van der Waals surface area (Å²) < 4.78 is 47.2. The molecule has 8 nitrogen and oxygen atoms in total. The van der Waals surface area contributed by atoms with Gasteiger partial charge in [0.2, 0.25) is 11.8 Å². The Hall–Kier alpha value is -3.92. The summed E-state index contributed by atoms with van der Waals surface area (Å²) in [5.74, 6) is -0.854. The van der Waals surface area contributed by atoms with E-state index < -0.39 is 34.3 Å². The highest BCUT2D eigenvalue weighted by molar-refractivity contribution is 7.92. The third kappa shape index (κ3) is 7.79. The van der Waals surface area contributed by atoms with Crippen LogP contribution in [0.3, 0.4) is 0 Å². The molecule has 3 aromatic carbocycles. The lowest BCUT2D eigenvalue weighted by Crippen LogP contribution is -2.51. The van der Waals surface area contributed by atoms with Crippen LogP contribution in [0.5, 0.6) is 5.75 Å². The summed E-state index contributed by atoms with van der Waals surface area (Å²) in [4.78, 5) is 28.1. The SMILES string of the molecule is CCCCNC(=O)[C@H](C)N(Cc1ccc(F)cc1)C(=O)CN(c1ccc(OC)cc1)S(=O)(=O)c1ccccc1. The molecule has 0 aliphatic heterocycles. The Kier molecular flexibility index (Phi) is 10.4. The number of unbranched alkanes of at least 4 members (excludes halogenated alkanes) is 1. The fourth-order valence-corrected chi connectivity index (χ4v) is 5.34. The maximum absolute atomic E-state index is 13.8. The lowest BCUT2D eigenvalue weighted by atomic mass is 10.1. The van der Waals surface area contributed by atoms with Gasteiger partial charge in [0.1, 0.15) is 24.2 Å². The number of hydrogen-bond acceptors (Lipinski definition) is 5. The quantitative estimate of drug-likeness (QED) is 0.316. The maximum Gasteiger partial charge on any atom is 0.264 e. The second kappa shape index (κ2) is 13.7. The Morgan fingerprint density at radius 3 is 2.21 bits per heavy atom. The molecule has 0 aromatic heterocycles. The van der Waals surface area contributed by atoms with Gasteiger partial charge in [-0.3, -0.25) is 13.9 Å². The number of carbonyl (C=O) groups is 2. The first-order chi connectivity index (χ1) is 18.7. The van der Waals surface area contributed by atoms with Crippen LogP contribution in [0.1, 0.15) is 32.3 Å². The molecule has 0 saturated carbocycles. The molecule has 3 aromatic rings. The number of anilines is 1. The van der Waals surface area contributed by atoms with E-state index in [0.717, 1.165) is 17.1 Å². The zero-order valence-corrected chi connectivity index (χ0v) is 23.2. The van der Waals surface area contributed by atoms with Crippen LogP contribution in [0, 0.1) is 5.82 Å². The highest BCUT2D eigenvalue weighted by Gasteiger charge is 2.32. The average Bonchev–Trinajstić information content (AvgIpc) is 2.95. The fraction of sp³-hybridized carbons (Fsp3) is 0.310. The smallest absolute Gasteiger partial charge is 0.264 e. The topological polar surface area (TPSA) is 96.0 Å². The van der Waals surface area contributed by atoms with Crippen molar-refractivity contribution >= 4 is 27.5 Å². The van der Waals surface area contributed by atoms with Crippen LogP contribution in [0.15, 0.2) is 83.8 Å². The van der Waals surface area contributed by atoms with Gasteiger partial charge >= 0.3 is 0 Å². The molecule has 0 bridgehead atoms. The molecule has 0 spiro atoms. The number of benzene rings is 3. The highest BCUT2D eigenvalue weighted by atomic mass is 32.2. The summed E-state index contributed by atoms with van der Waals surface area (Å²) >= 11 is 0. The lowest BCUT2D eigenvalue weighted by Gasteiger charge is -2.32. The first kappa shape index (κ1) is 29.6. The number of carbonyl (C=O) groups excluding carboxylic acids is 2. The largest absolute Gasteiger partial charge is 0.497 e. The molecule has 1 atom stereocenters. The third-order valence-corrected chi connectivity index (χ3v) is 8.02. The van der Waals surface area contributed by atoms with E-state index in [1.807, 2.05) is 6.92 Å². The van der Waals surface area contributed by atoms with Crippen LogP contribution in [-0.4, -0.2) is 51.4 Å². The van der Waals surface area contributed by atoms with E-state index in [1.54, 1.807) is 49.4 Å². The van der Waals surface area contributed by atoms with Crippen LogP contribution in [0.4, 0.5) is 10.1 Å². The predicted molar refractivity (Wildman–Crippen MR) is 148 cm³/mol. The van der Waals surface area contributed by atoms with E-state index in [0.29, 0.717) is 17.9 Å². The predicted octanol–water partition coefficient (Wildman–Crippen LogP) is 4.36. The van der Waals surface area contributed by atoms with Gasteiger partial charge in [0.05, 0.1) is 17.7 Å². The summed E-state index contributed by atoms with van der Waals surface area (Å²) in [7, 11) is -2.65. The Bertz CT molecular complexity index is 1330. The van der Waals surface area contributed by atoms with Crippen molar-refractivity contribution in [3.05, 3.63) is 90.2 Å². The molecule has 0 heterocycles. The third-order valence-electron chi connectivity index (χ3n) is 6.23. The maximum atomic E-state index is 13.8. The van der Waals surface area contributed by atoms with Gasteiger partial charge in [-0.25, -0.2) is 12.8 Å². The molecule has 0 fully saturated rings. The molecule has 3 rings (SSSR count). The zero-order valence-electron chi connectivity index (χ0n) is 22.3. The fourth-order valence-electron chi connectivity index (χ4n) is 3.90. The van der Waals surface area contributed by atoms with Crippen LogP contribution < -0.4 is 14.4 Å². The number of nitrogens with one attached hydrogen (secondary N) is 1. The molecule has 0 radical (unpaired) electrons. The normalized spacial score (nSPS) is 11.9. The van der Waals surface area contributed by atoms with Crippen molar-refractivity contribution in [3.63, 3.8) is 0 Å². The molecular weight excluding hydrogens is 521 g/mol. The number of nitrogens with zero attached hydrogens (tertiary/aromatic N) is 2. The molecule has 0 aliphatic carbocycles. The minimum Gasteiger partial charge on any atom is -0.497 e. The van der Waals surface area contributed by atoms with Crippen LogP contribution in [-0.2, 0) is 26.2 Å². The summed E-state index contributed by atoms with van der Waals surface area (Å²) in [6.07, 6.45) is 1.67. The van der Waals surface area contributed by atoms with Gasteiger partial charge in [-0.1, -0.05) is 43.7 Å². The average molecular weight is 556 g/mol. The van der Waals surface area contributed by atoms with Crippen molar-refractivity contribution < 1.29 is 27.1 Å². The second-order valence-corrected chi connectivity index (χ2v) is 10.9. The van der Waals surface area contributed by atoms with Gasteiger partial charge in [0.15, 0.2) is 0 Å². The van der Waals surface area contributed by atoms with Gasteiger partial charge in [-0.15, -0.1) is 0 Å². The first-order valence-corrected chi connectivity index (χ1v) is 14.1. The lowest BCUT2D eigenvalue weighted by molar-refractivity contribution is -0.139. The van der Waals surface area contributed by atoms with E-state index in [-0.39, 0.29) is 23.0 Å². The van der Waals surface area contributed by atoms with Crippen LogP contribution in [0.25, 0.3) is 0 Å². The molecule has 208 valence electrons. The van der Waals surface area contributed by atoms with Crippen molar-refractivity contribution in [1.29, 1.82) is 0 Å².